The summed E-state index contributed by atoms with van der Waals surface area (Å²) in [5, 5.41) is 5.42. The Hall–Kier alpha value is -1.83. The van der Waals surface area contributed by atoms with Crippen LogP contribution in [-0.2, 0) is 4.79 Å². The average molecular weight is 415 g/mol. The lowest BCUT2D eigenvalue weighted by atomic mass is 10.2. The number of carbonyl (C=O) groups excluding carboxylic acids is 1. The third-order valence-electron chi connectivity index (χ3n) is 5.20. The summed E-state index contributed by atoms with van der Waals surface area (Å²) in [4.78, 5) is 24.3. The van der Waals surface area contributed by atoms with Crippen molar-refractivity contribution in [2.75, 3.05) is 25.4 Å². The fraction of sp³-hybridized carbons (Fsp3) is 0.429. The van der Waals surface area contributed by atoms with E-state index in [-0.39, 0.29) is 11.2 Å². The molecule has 1 amide bonds. The average Bonchev–Trinajstić information content (AvgIpc) is 3.47. The van der Waals surface area contributed by atoms with Crippen molar-refractivity contribution >= 4 is 40.0 Å². The van der Waals surface area contributed by atoms with Gasteiger partial charge in [-0.2, -0.15) is 0 Å². The second-order valence-electron chi connectivity index (χ2n) is 7.17. The highest BCUT2D eigenvalue weighted by Crippen LogP contribution is 2.29. The molecule has 2 atom stereocenters. The Morgan fingerprint density at radius 2 is 2.11 bits per heavy atom. The molecule has 2 N–H and O–H groups in total. The molecule has 1 aliphatic rings. The van der Waals surface area contributed by atoms with Gasteiger partial charge in [-0.3, -0.25) is 9.69 Å². The molecule has 2 aromatic heterocycles. The number of aromatic nitrogens is 2. The number of para-hydroxylation sites is 2. The predicted molar refractivity (Wildman–Crippen MR) is 118 cm³/mol. The highest BCUT2D eigenvalue weighted by Gasteiger charge is 2.24. The molecular weight excluding hydrogens is 388 g/mol. The van der Waals surface area contributed by atoms with Crippen LogP contribution >= 0.6 is 23.1 Å². The van der Waals surface area contributed by atoms with E-state index in [1.54, 1.807) is 23.1 Å². The van der Waals surface area contributed by atoms with E-state index in [1.807, 2.05) is 24.3 Å². The summed E-state index contributed by atoms with van der Waals surface area (Å²) < 4.78 is 0. The minimum atomic E-state index is 0.0914. The van der Waals surface area contributed by atoms with E-state index < -0.39 is 0 Å². The topological polar surface area (TPSA) is 61.0 Å². The zero-order valence-corrected chi connectivity index (χ0v) is 17.7. The number of benzene rings is 1. The van der Waals surface area contributed by atoms with Crippen molar-refractivity contribution in [3.63, 3.8) is 0 Å². The fourth-order valence-electron chi connectivity index (χ4n) is 3.65. The van der Waals surface area contributed by atoms with Gasteiger partial charge in [0.2, 0.25) is 5.91 Å². The van der Waals surface area contributed by atoms with Gasteiger partial charge in [-0.1, -0.05) is 18.2 Å². The van der Waals surface area contributed by atoms with Gasteiger partial charge in [0.05, 0.1) is 28.1 Å². The fourth-order valence-corrected chi connectivity index (χ4v) is 5.28. The molecule has 28 heavy (non-hydrogen) atoms. The van der Waals surface area contributed by atoms with Crippen LogP contribution in [0, 0.1) is 0 Å². The molecule has 1 aromatic carbocycles. The number of hydrogen-bond acceptors (Lipinski definition) is 5. The number of fused-ring (bicyclic) bond motifs is 1. The number of hydrogen-bond donors (Lipinski definition) is 2. The molecular formula is C21H26N4OS2. The molecule has 4 rings (SSSR count). The summed E-state index contributed by atoms with van der Waals surface area (Å²) in [6.07, 6.45) is 2.50. The molecule has 0 saturated carbocycles. The first-order valence-corrected chi connectivity index (χ1v) is 11.7. The first-order valence-electron chi connectivity index (χ1n) is 9.81. The van der Waals surface area contributed by atoms with Crippen LogP contribution in [0.2, 0.25) is 0 Å². The summed E-state index contributed by atoms with van der Waals surface area (Å²) >= 11 is 3.39. The molecule has 7 heteroatoms. The minimum Gasteiger partial charge on any atom is -0.353 e. The van der Waals surface area contributed by atoms with Crippen LogP contribution in [0.3, 0.4) is 0 Å². The number of H-pyrrole nitrogens is 1. The Kier molecular flexibility index (Phi) is 6.34. The van der Waals surface area contributed by atoms with Gasteiger partial charge in [0.25, 0.3) is 0 Å². The van der Waals surface area contributed by atoms with Gasteiger partial charge in [-0.25, -0.2) is 4.98 Å². The highest BCUT2D eigenvalue weighted by molar-refractivity contribution is 8.00. The second-order valence-corrected chi connectivity index (χ2v) is 9.48. The van der Waals surface area contributed by atoms with Crippen molar-refractivity contribution < 1.29 is 4.79 Å². The molecule has 2 unspecified atom stereocenters. The maximum atomic E-state index is 12.5. The molecule has 1 fully saturated rings. The first-order chi connectivity index (χ1) is 13.7. The van der Waals surface area contributed by atoms with E-state index in [9.17, 15) is 4.79 Å². The molecule has 0 radical (unpaired) electrons. The summed E-state index contributed by atoms with van der Waals surface area (Å²) in [5.41, 5.74) is 2.01. The number of nitrogens with one attached hydrogen (secondary N) is 2. The standard InChI is InChI=1S/C21H26N4OS2/c1-15(21-23-16-7-2-3-8-17(16)24-21)28-14-20(26)22-13-18(19-9-6-12-27-19)25-10-4-5-11-25/h2-3,6-9,12,15,18H,4-5,10-11,13-14H2,1H3,(H,22,26)(H,23,24). The predicted octanol–water partition coefficient (Wildman–Crippen LogP) is 4.37. The van der Waals surface area contributed by atoms with Crippen LogP contribution < -0.4 is 5.32 Å². The monoisotopic (exact) mass is 414 g/mol. The minimum absolute atomic E-state index is 0.0914. The Balaban J connectivity index is 1.29. The van der Waals surface area contributed by atoms with E-state index in [0.29, 0.717) is 18.3 Å². The van der Waals surface area contributed by atoms with Crippen LogP contribution in [0.15, 0.2) is 41.8 Å². The van der Waals surface area contributed by atoms with Gasteiger partial charge in [-0.05, 0) is 56.4 Å². The zero-order chi connectivity index (χ0) is 19.3. The maximum Gasteiger partial charge on any atom is 0.230 e. The number of rotatable bonds is 8. The third-order valence-corrected chi connectivity index (χ3v) is 7.33. The molecule has 1 saturated heterocycles. The van der Waals surface area contributed by atoms with Crippen molar-refractivity contribution in [3.8, 4) is 0 Å². The lowest BCUT2D eigenvalue weighted by Gasteiger charge is -2.27. The van der Waals surface area contributed by atoms with Crippen molar-refractivity contribution in [1.82, 2.24) is 20.2 Å². The molecule has 1 aliphatic heterocycles. The summed E-state index contributed by atoms with van der Waals surface area (Å²) in [6, 6.07) is 12.6. The summed E-state index contributed by atoms with van der Waals surface area (Å²) in [7, 11) is 0. The van der Waals surface area contributed by atoms with Crippen molar-refractivity contribution in [3.05, 3.63) is 52.5 Å². The first kappa shape index (κ1) is 19.5. The largest absolute Gasteiger partial charge is 0.353 e. The zero-order valence-electron chi connectivity index (χ0n) is 16.1. The van der Waals surface area contributed by atoms with Crippen LogP contribution in [0.5, 0.6) is 0 Å². The van der Waals surface area contributed by atoms with E-state index in [1.165, 1.54) is 17.7 Å². The van der Waals surface area contributed by atoms with Crippen LogP contribution in [-0.4, -0.2) is 46.2 Å². The number of thioether (sulfide) groups is 1. The third kappa shape index (κ3) is 4.59. The lowest BCUT2D eigenvalue weighted by molar-refractivity contribution is -0.118. The molecule has 5 nitrogen and oxygen atoms in total. The summed E-state index contributed by atoms with van der Waals surface area (Å²) in [5.74, 6) is 1.45. The van der Waals surface area contributed by atoms with Gasteiger partial charge in [0.1, 0.15) is 5.82 Å². The number of thiophene rings is 1. The van der Waals surface area contributed by atoms with Gasteiger partial charge in [0.15, 0.2) is 0 Å². The molecule has 0 spiro atoms. The normalized spacial score (nSPS) is 17.0. The number of carbonyl (C=O) groups is 1. The van der Waals surface area contributed by atoms with E-state index in [2.05, 4.69) is 44.6 Å². The van der Waals surface area contributed by atoms with Crippen molar-refractivity contribution in [1.29, 1.82) is 0 Å². The molecule has 0 aliphatic carbocycles. The maximum absolute atomic E-state index is 12.5. The van der Waals surface area contributed by atoms with E-state index in [4.69, 9.17) is 0 Å². The summed E-state index contributed by atoms with van der Waals surface area (Å²) in [6.45, 7) is 5.01. The lowest BCUT2D eigenvalue weighted by Crippen LogP contribution is -2.37. The Morgan fingerprint density at radius 3 is 2.86 bits per heavy atom. The van der Waals surface area contributed by atoms with Crippen molar-refractivity contribution in [2.45, 2.75) is 31.1 Å². The molecule has 148 valence electrons. The van der Waals surface area contributed by atoms with Gasteiger partial charge < -0.3 is 10.3 Å². The Morgan fingerprint density at radius 1 is 1.29 bits per heavy atom. The van der Waals surface area contributed by atoms with Crippen molar-refractivity contribution in [2.24, 2.45) is 0 Å². The number of amides is 1. The highest BCUT2D eigenvalue weighted by atomic mass is 32.2. The molecule has 3 aromatic rings. The van der Waals surface area contributed by atoms with Crippen LogP contribution in [0.4, 0.5) is 0 Å². The van der Waals surface area contributed by atoms with Gasteiger partial charge in [-0.15, -0.1) is 23.1 Å². The van der Waals surface area contributed by atoms with E-state index in [0.717, 1.165) is 29.9 Å². The number of imidazole rings is 1. The van der Waals surface area contributed by atoms with Crippen LogP contribution in [0.25, 0.3) is 11.0 Å². The van der Waals surface area contributed by atoms with Crippen LogP contribution in [0.1, 0.15) is 41.8 Å². The number of nitrogens with zero attached hydrogens (tertiary/aromatic N) is 2. The molecule has 3 heterocycles. The smallest absolute Gasteiger partial charge is 0.230 e. The number of likely N-dealkylation sites (tertiary alicyclic amines) is 1. The molecule has 0 bridgehead atoms. The second kappa shape index (κ2) is 9.11. The SMILES string of the molecule is CC(SCC(=O)NCC(c1cccs1)N1CCCC1)c1nc2ccccc2[nH]1. The quantitative estimate of drug-likeness (QED) is 0.574. The Bertz CT molecular complexity index is 869. The van der Waals surface area contributed by atoms with E-state index >= 15 is 0 Å². The Labute approximate surface area is 173 Å². The van der Waals surface area contributed by atoms with Gasteiger partial charge >= 0.3 is 0 Å². The number of aromatic amines is 1. The van der Waals surface area contributed by atoms with Gasteiger partial charge in [0, 0.05) is 11.4 Å².